The van der Waals surface area contributed by atoms with E-state index in [4.69, 9.17) is 14.6 Å². The Morgan fingerprint density at radius 1 is 1.16 bits per heavy atom. The monoisotopic (exact) mass is 518 g/mol. The van der Waals surface area contributed by atoms with Gasteiger partial charge in [0.15, 0.2) is 0 Å². The van der Waals surface area contributed by atoms with Crippen molar-refractivity contribution in [1.29, 1.82) is 0 Å². The molecule has 5 rings (SSSR count). The van der Waals surface area contributed by atoms with Gasteiger partial charge in [-0.1, -0.05) is 24.3 Å². The number of aromatic nitrogens is 2. The molecule has 0 radical (unpaired) electrons. The van der Waals surface area contributed by atoms with E-state index < -0.39 is 15.6 Å². The molecule has 1 aliphatic rings. The Labute approximate surface area is 214 Å². The number of hydrogen-bond acceptors (Lipinski definition) is 6. The lowest BCUT2D eigenvalue weighted by Gasteiger charge is -2.33. The first kappa shape index (κ1) is 24.5. The summed E-state index contributed by atoms with van der Waals surface area (Å²) in [6.45, 7) is 4.06. The zero-order valence-corrected chi connectivity index (χ0v) is 21.3. The topological polar surface area (TPSA) is 136 Å². The number of H-pyrrole nitrogens is 1. The molecule has 2 aromatic carbocycles. The van der Waals surface area contributed by atoms with Gasteiger partial charge in [0.1, 0.15) is 22.8 Å². The van der Waals surface area contributed by atoms with Gasteiger partial charge in [-0.05, 0) is 55.3 Å². The van der Waals surface area contributed by atoms with Crippen LogP contribution in [0.3, 0.4) is 0 Å². The van der Waals surface area contributed by atoms with E-state index in [2.05, 4.69) is 15.3 Å². The van der Waals surface area contributed by atoms with Gasteiger partial charge in [0.2, 0.25) is 10.0 Å². The number of amides is 1. The number of benzene rings is 2. The summed E-state index contributed by atoms with van der Waals surface area (Å²) in [6.07, 6.45) is 3.28. The molecule has 37 heavy (non-hydrogen) atoms. The lowest BCUT2D eigenvalue weighted by Crippen LogP contribution is -2.29. The molecule has 0 aliphatic carbocycles. The number of fused-ring (bicyclic) bond motifs is 3. The summed E-state index contributed by atoms with van der Waals surface area (Å²) in [7, 11) is -2.37. The predicted octanol–water partition coefficient (Wildman–Crippen LogP) is 3.96. The van der Waals surface area contributed by atoms with Crippen LogP contribution in [0, 0.1) is 0 Å². The van der Waals surface area contributed by atoms with E-state index in [-0.39, 0.29) is 23.0 Å². The van der Waals surface area contributed by atoms with Crippen LogP contribution in [0.2, 0.25) is 0 Å². The molecule has 4 aromatic rings. The third kappa shape index (κ3) is 4.56. The van der Waals surface area contributed by atoms with Crippen LogP contribution in [0.25, 0.3) is 22.4 Å². The van der Waals surface area contributed by atoms with Crippen molar-refractivity contribution in [3.63, 3.8) is 0 Å². The third-order valence-corrected chi connectivity index (χ3v) is 7.22. The van der Waals surface area contributed by atoms with Gasteiger partial charge in [-0.3, -0.25) is 9.78 Å². The Balaban J connectivity index is 1.65. The lowest BCUT2D eigenvalue weighted by atomic mass is 9.86. The van der Waals surface area contributed by atoms with E-state index in [0.29, 0.717) is 22.6 Å². The highest BCUT2D eigenvalue weighted by Crippen LogP contribution is 2.49. The number of ether oxygens (including phenoxy) is 2. The summed E-state index contributed by atoms with van der Waals surface area (Å²) in [6, 6.07) is 15.4. The summed E-state index contributed by atoms with van der Waals surface area (Å²) in [5.74, 6) is 0.948. The molecule has 3 heterocycles. The van der Waals surface area contributed by atoms with Crippen LogP contribution < -0.4 is 19.9 Å². The van der Waals surface area contributed by atoms with E-state index in [1.807, 2.05) is 44.2 Å². The first-order chi connectivity index (χ1) is 17.6. The summed E-state index contributed by atoms with van der Waals surface area (Å²) in [5, 5.41) is 8.37. The van der Waals surface area contributed by atoms with Crippen molar-refractivity contribution in [1.82, 2.24) is 15.3 Å². The molecule has 0 unspecified atom stereocenters. The Morgan fingerprint density at radius 2 is 1.92 bits per heavy atom. The van der Waals surface area contributed by atoms with Crippen molar-refractivity contribution in [3.05, 3.63) is 83.8 Å². The zero-order valence-electron chi connectivity index (χ0n) is 20.5. The molecule has 0 spiro atoms. The van der Waals surface area contributed by atoms with Crippen molar-refractivity contribution < 1.29 is 22.7 Å². The summed E-state index contributed by atoms with van der Waals surface area (Å²) < 4.78 is 35.7. The van der Waals surface area contributed by atoms with Gasteiger partial charge in [0, 0.05) is 29.4 Å². The van der Waals surface area contributed by atoms with Gasteiger partial charge in [0.05, 0.1) is 23.9 Å². The number of nitrogens with zero attached hydrogens (tertiary/aromatic N) is 1. The minimum absolute atomic E-state index is 0.0522. The molecule has 10 heteroatoms. The van der Waals surface area contributed by atoms with E-state index in [1.165, 1.54) is 12.1 Å². The molecule has 4 N–H and O–H groups in total. The summed E-state index contributed by atoms with van der Waals surface area (Å²) in [4.78, 5) is 21.0. The molecule has 0 saturated carbocycles. The molecule has 0 bridgehead atoms. The predicted molar refractivity (Wildman–Crippen MR) is 139 cm³/mol. The Hall–Kier alpha value is -4.15. The fourth-order valence-corrected chi connectivity index (χ4v) is 5.16. The van der Waals surface area contributed by atoms with Gasteiger partial charge in [-0.15, -0.1) is 0 Å². The van der Waals surface area contributed by atoms with Crippen molar-refractivity contribution in [2.24, 2.45) is 5.14 Å². The SMILES string of the molecule is COc1ccc(CNC(=O)c2[nH]c3c(c2-c2cccc(S(N)(=O)=O)c2)C(C)(C)Oc2cnccc2-3)cc1. The third-order valence-electron chi connectivity index (χ3n) is 6.31. The van der Waals surface area contributed by atoms with Crippen LogP contribution in [0.15, 0.2) is 71.9 Å². The van der Waals surface area contributed by atoms with Gasteiger partial charge in [0.25, 0.3) is 5.91 Å². The zero-order chi connectivity index (χ0) is 26.4. The number of carbonyl (C=O) groups is 1. The number of sulfonamides is 1. The molecule has 1 aliphatic heterocycles. The quantitative estimate of drug-likeness (QED) is 0.353. The normalized spacial score (nSPS) is 13.7. The van der Waals surface area contributed by atoms with E-state index >= 15 is 0 Å². The smallest absolute Gasteiger partial charge is 0.268 e. The number of methoxy groups -OCH3 is 1. The van der Waals surface area contributed by atoms with Crippen LogP contribution in [-0.4, -0.2) is 31.4 Å². The number of rotatable bonds is 6. The number of pyridine rings is 1. The van der Waals surface area contributed by atoms with Gasteiger partial charge in [-0.25, -0.2) is 13.6 Å². The highest BCUT2D eigenvalue weighted by molar-refractivity contribution is 7.89. The average molecular weight is 519 g/mol. The van der Waals surface area contributed by atoms with E-state index in [1.54, 1.807) is 31.6 Å². The second-order valence-electron chi connectivity index (χ2n) is 9.21. The molecular weight excluding hydrogens is 492 g/mol. The minimum atomic E-state index is -3.96. The fourth-order valence-electron chi connectivity index (χ4n) is 4.60. The molecule has 190 valence electrons. The van der Waals surface area contributed by atoms with Gasteiger partial charge in [-0.2, -0.15) is 0 Å². The summed E-state index contributed by atoms with van der Waals surface area (Å²) in [5.41, 5.74) is 3.57. The van der Waals surface area contributed by atoms with Crippen molar-refractivity contribution in [3.8, 4) is 33.9 Å². The van der Waals surface area contributed by atoms with E-state index in [9.17, 15) is 13.2 Å². The maximum Gasteiger partial charge on any atom is 0.268 e. The molecule has 0 fully saturated rings. The molecule has 1 amide bonds. The van der Waals surface area contributed by atoms with Crippen LogP contribution in [0.5, 0.6) is 11.5 Å². The number of nitrogens with one attached hydrogen (secondary N) is 2. The maximum atomic E-state index is 13.6. The Bertz CT molecular complexity index is 1610. The number of hydrogen-bond donors (Lipinski definition) is 3. The van der Waals surface area contributed by atoms with Crippen LogP contribution in [0.1, 0.15) is 35.5 Å². The van der Waals surface area contributed by atoms with E-state index in [0.717, 1.165) is 22.4 Å². The number of aromatic amines is 1. The molecule has 2 aromatic heterocycles. The first-order valence-corrected chi connectivity index (χ1v) is 13.1. The second-order valence-corrected chi connectivity index (χ2v) is 10.8. The van der Waals surface area contributed by atoms with Crippen LogP contribution in [-0.2, 0) is 22.2 Å². The van der Waals surface area contributed by atoms with Crippen LogP contribution >= 0.6 is 0 Å². The Morgan fingerprint density at radius 3 is 2.62 bits per heavy atom. The number of carbonyl (C=O) groups excluding carboxylic acids is 1. The molecule has 0 saturated heterocycles. The maximum absolute atomic E-state index is 13.6. The minimum Gasteiger partial charge on any atom is -0.497 e. The van der Waals surface area contributed by atoms with Crippen molar-refractivity contribution >= 4 is 15.9 Å². The lowest BCUT2D eigenvalue weighted by molar-refractivity contribution is 0.0947. The largest absolute Gasteiger partial charge is 0.497 e. The molecule has 0 atom stereocenters. The number of primary sulfonamides is 1. The van der Waals surface area contributed by atoms with Gasteiger partial charge >= 0.3 is 0 Å². The standard InChI is InChI=1S/C27H26N4O5S/c1-27(2)23-22(17-5-4-6-19(13-17)37(28,33)34)25(31-24(23)20-11-12-29-15-21(20)36-27)26(32)30-14-16-7-9-18(35-3)10-8-16/h4-13,15,31H,14H2,1-3H3,(H,30,32)(H2,28,33,34). The van der Waals surface area contributed by atoms with Crippen molar-refractivity contribution in [2.75, 3.05) is 7.11 Å². The summed E-state index contributed by atoms with van der Waals surface area (Å²) >= 11 is 0. The fraction of sp³-hybridized carbons (Fsp3) is 0.185. The molecular formula is C27H26N4O5S. The van der Waals surface area contributed by atoms with Gasteiger partial charge < -0.3 is 19.8 Å². The highest BCUT2D eigenvalue weighted by Gasteiger charge is 2.39. The van der Waals surface area contributed by atoms with Crippen LogP contribution in [0.4, 0.5) is 0 Å². The van der Waals surface area contributed by atoms with Crippen molar-refractivity contribution in [2.45, 2.75) is 30.9 Å². The molecule has 9 nitrogen and oxygen atoms in total. The Kier molecular flexibility index (Phi) is 6.01. The average Bonchev–Trinajstić information content (AvgIpc) is 3.29. The first-order valence-electron chi connectivity index (χ1n) is 11.5. The number of nitrogens with two attached hydrogens (primary N) is 1. The second kappa shape index (κ2) is 9.06. The highest BCUT2D eigenvalue weighted by atomic mass is 32.2.